The van der Waals surface area contributed by atoms with Crippen molar-refractivity contribution in [1.82, 2.24) is 15.0 Å². The summed E-state index contributed by atoms with van der Waals surface area (Å²) < 4.78 is 20.9. The van der Waals surface area contributed by atoms with Crippen LogP contribution in [0.15, 0.2) is 0 Å². The predicted octanol–water partition coefficient (Wildman–Crippen LogP) is -0.655. The second-order valence-corrected chi connectivity index (χ2v) is 5.46. The topological polar surface area (TPSA) is 166 Å². The average Bonchev–Trinajstić information content (AvgIpc) is 3.14. The van der Waals surface area contributed by atoms with E-state index in [1.54, 1.807) is 12.1 Å². The Kier molecular flexibility index (Phi) is 6.05. The van der Waals surface area contributed by atoms with Crippen LogP contribution in [0, 0.1) is 22.7 Å². The van der Waals surface area contributed by atoms with E-state index in [4.69, 9.17) is 29.5 Å². The standard InChI is InChI=1S/C15H15N5O7/c1-7(21)24-6-12-13(25-8(2)22)14(26-9(3)23)15(27-12)20-18-10(4-16)11(5-17)19-20/h12-15H,6H2,1-3H3/t12-,13-,14-,15+/m0/s1. The molecule has 1 aromatic rings. The lowest BCUT2D eigenvalue weighted by molar-refractivity contribution is -0.166. The molecule has 0 aliphatic carbocycles. The minimum atomic E-state index is -1.21. The summed E-state index contributed by atoms with van der Waals surface area (Å²) in [5.41, 5.74) is -0.509. The van der Waals surface area contributed by atoms with Gasteiger partial charge in [0, 0.05) is 20.8 Å². The lowest BCUT2D eigenvalue weighted by atomic mass is 10.1. The molecule has 12 heteroatoms. The first kappa shape index (κ1) is 19.8. The summed E-state index contributed by atoms with van der Waals surface area (Å²) in [5.74, 6) is -1.98. The number of rotatable bonds is 5. The predicted molar refractivity (Wildman–Crippen MR) is 81.1 cm³/mol. The van der Waals surface area contributed by atoms with Crippen LogP contribution in [0.3, 0.4) is 0 Å². The van der Waals surface area contributed by atoms with Gasteiger partial charge in [-0.1, -0.05) is 0 Å². The molecule has 2 heterocycles. The second-order valence-electron chi connectivity index (χ2n) is 5.46. The van der Waals surface area contributed by atoms with Crippen molar-refractivity contribution >= 4 is 17.9 Å². The monoisotopic (exact) mass is 377 g/mol. The number of ether oxygens (including phenoxy) is 4. The first-order valence-electron chi connectivity index (χ1n) is 7.67. The van der Waals surface area contributed by atoms with E-state index in [0.29, 0.717) is 0 Å². The van der Waals surface area contributed by atoms with E-state index in [2.05, 4.69) is 10.2 Å². The first-order chi connectivity index (χ1) is 12.8. The fourth-order valence-electron chi connectivity index (χ4n) is 2.47. The van der Waals surface area contributed by atoms with Crippen molar-refractivity contribution in [1.29, 1.82) is 10.5 Å². The van der Waals surface area contributed by atoms with Crippen LogP contribution in [-0.2, 0) is 33.3 Å². The van der Waals surface area contributed by atoms with Gasteiger partial charge in [0.15, 0.2) is 12.2 Å². The van der Waals surface area contributed by atoms with Gasteiger partial charge in [0.05, 0.1) is 0 Å². The number of carbonyl (C=O) groups excluding carboxylic acids is 3. The quantitative estimate of drug-likeness (QED) is 0.472. The molecule has 1 aliphatic rings. The van der Waals surface area contributed by atoms with Crippen LogP contribution in [0.5, 0.6) is 0 Å². The van der Waals surface area contributed by atoms with Gasteiger partial charge >= 0.3 is 17.9 Å². The maximum absolute atomic E-state index is 11.5. The molecule has 1 fully saturated rings. The molecule has 0 unspecified atom stereocenters. The van der Waals surface area contributed by atoms with E-state index in [1.165, 1.54) is 6.92 Å². The molecule has 0 aromatic carbocycles. The zero-order valence-corrected chi connectivity index (χ0v) is 14.6. The third-order valence-electron chi connectivity index (χ3n) is 3.41. The fraction of sp³-hybridized carbons (Fsp3) is 0.533. The van der Waals surface area contributed by atoms with Crippen molar-refractivity contribution in [2.24, 2.45) is 0 Å². The van der Waals surface area contributed by atoms with Gasteiger partial charge in [-0.3, -0.25) is 14.4 Å². The first-order valence-corrected chi connectivity index (χ1v) is 7.67. The van der Waals surface area contributed by atoms with Gasteiger partial charge in [-0.25, -0.2) is 0 Å². The van der Waals surface area contributed by atoms with Gasteiger partial charge in [0.1, 0.15) is 24.8 Å². The highest BCUT2D eigenvalue weighted by Gasteiger charge is 2.51. The molecule has 0 spiro atoms. The van der Waals surface area contributed by atoms with E-state index in [1.807, 2.05) is 0 Å². The summed E-state index contributed by atoms with van der Waals surface area (Å²) in [6.45, 7) is 3.18. The molecule has 0 amide bonds. The normalized spacial score (nSPS) is 23.7. The number of nitriles is 2. The lowest BCUT2D eigenvalue weighted by Crippen LogP contribution is -2.40. The molecule has 2 rings (SSSR count). The summed E-state index contributed by atoms with van der Waals surface area (Å²) >= 11 is 0. The third kappa shape index (κ3) is 4.56. The van der Waals surface area contributed by atoms with Crippen molar-refractivity contribution in [2.45, 2.75) is 45.3 Å². The molecule has 27 heavy (non-hydrogen) atoms. The fourth-order valence-corrected chi connectivity index (χ4v) is 2.47. The van der Waals surface area contributed by atoms with Crippen molar-refractivity contribution in [3.05, 3.63) is 11.4 Å². The SMILES string of the molecule is CC(=O)OC[C@@H]1O[C@@H](n2nc(C#N)c(C#N)n2)[C@@H](OC(C)=O)[C@H]1OC(C)=O. The van der Waals surface area contributed by atoms with Crippen LogP contribution in [0.4, 0.5) is 0 Å². The van der Waals surface area contributed by atoms with Crippen molar-refractivity contribution < 1.29 is 33.3 Å². The molecule has 0 radical (unpaired) electrons. The van der Waals surface area contributed by atoms with Gasteiger partial charge in [0.2, 0.25) is 17.6 Å². The number of aromatic nitrogens is 3. The highest BCUT2D eigenvalue weighted by Crippen LogP contribution is 2.33. The largest absolute Gasteiger partial charge is 0.463 e. The van der Waals surface area contributed by atoms with Crippen molar-refractivity contribution in [3.63, 3.8) is 0 Å². The number of hydrogen-bond acceptors (Lipinski definition) is 11. The Labute approximate surface area is 153 Å². The lowest BCUT2D eigenvalue weighted by Gasteiger charge is -2.22. The Morgan fingerprint density at radius 2 is 1.52 bits per heavy atom. The van der Waals surface area contributed by atoms with E-state index in [0.717, 1.165) is 18.6 Å². The maximum atomic E-state index is 11.5. The molecular formula is C15H15N5O7. The van der Waals surface area contributed by atoms with Crippen molar-refractivity contribution in [3.8, 4) is 12.1 Å². The van der Waals surface area contributed by atoms with Crippen LogP contribution in [0.1, 0.15) is 38.4 Å². The highest BCUT2D eigenvalue weighted by atomic mass is 16.7. The molecule has 1 aliphatic heterocycles. The summed E-state index contributed by atoms with van der Waals surface area (Å²) in [7, 11) is 0. The zero-order valence-electron chi connectivity index (χ0n) is 14.6. The van der Waals surface area contributed by atoms with Gasteiger partial charge < -0.3 is 18.9 Å². The van der Waals surface area contributed by atoms with Gasteiger partial charge in [-0.05, 0) is 0 Å². The smallest absolute Gasteiger partial charge is 0.303 e. The molecule has 0 N–H and O–H groups in total. The summed E-state index contributed by atoms with van der Waals surface area (Å²) in [6.07, 6.45) is -4.53. The minimum absolute atomic E-state index is 0.254. The van der Waals surface area contributed by atoms with Gasteiger partial charge in [-0.15, -0.1) is 15.0 Å². The Hall–Kier alpha value is -3.51. The zero-order chi connectivity index (χ0) is 20.1. The van der Waals surface area contributed by atoms with Crippen molar-refractivity contribution in [2.75, 3.05) is 6.61 Å². The molecular weight excluding hydrogens is 362 g/mol. The van der Waals surface area contributed by atoms with Crippen LogP contribution >= 0.6 is 0 Å². The Morgan fingerprint density at radius 1 is 1.00 bits per heavy atom. The summed E-state index contributed by atoms with van der Waals surface area (Å²) in [5, 5.41) is 25.7. The van der Waals surface area contributed by atoms with Crippen LogP contribution < -0.4 is 0 Å². The Balaban J connectivity index is 2.41. The molecule has 1 aromatic heterocycles. The number of carbonyl (C=O) groups is 3. The molecule has 0 saturated carbocycles. The number of hydrogen-bond donors (Lipinski definition) is 0. The van der Waals surface area contributed by atoms with Crippen LogP contribution in [0.2, 0.25) is 0 Å². The maximum Gasteiger partial charge on any atom is 0.303 e. The minimum Gasteiger partial charge on any atom is -0.463 e. The molecule has 12 nitrogen and oxygen atoms in total. The Morgan fingerprint density at radius 3 is 1.96 bits per heavy atom. The number of nitrogens with zero attached hydrogens (tertiary/aromatic N) is 5. The van der Waals surface area contributed by atoms with E-state index in [-0.39, 0.29) is 18.0 Å². The summed E-state index contributed by atoms with van der Waals surface area (Å²) in [6, 6.07) is 3.41. The van der Waals surface area contributed by atoms with Gasteiger partial charge in [0.25, 0.3) is 0 Å². The molecule has 1 saturated heterocycles. The Bertz CT molecular complexity index is 805. The van der Waals surface area contributed by atoms with Crippen LogP contribution in [0.25, 0.3) is 0 Å². The van der Waals surface area contributed by atoms with Crippen LogP contribution in [-0.4, -0.2) is 57.8 Å². The van der Waals surface area contributed by atoms with E-state index < -0.39 is 42.4 Å². The molecule has 0 bridgehead atoms. The average molecular weight is 377 g/mol. The second kappa shape index (κ2) is 8.25. The molecule has 4 atom stereocenters. The number of esters is 3. The van der Waals surface area contributed by atoms with Gasteiger partial charge in [-0.2, -0.15) is 10.5 Å². The molecule has 142 valence electrons. The highest BCUT2D eigenvalue weighted by molar-refractivity contribution is 5.68. The third-order valence-corrected chi connectivity index (χ3v) is 3.41. The van der Waals surface area contributed by atoms with E-state index in [9.17, 15) is 14.4 Å². The summed E-state index contributed by atoms with van der Waals surface area (Å²) in [4.78, 5) is 34.9. The van der Waals surface area contributed by atoms with E-state index >= 15 is 0 Å².